The summed E-state index contributed by atoms with van der Waals surface area (Å²) in [5, 5.41) is 0. The summed E-state index contributed by atoms with van der Waals surface area (Å²) in [5.41, 5.74) is -0.518. The minimum absolute atomic E-state index is 0.145. The van der Waals surface area contributed by atoms with Crippen LogP contribution in [0.2, 0.25) is 0 Å². The SMILES string of the molecule is CCOP(=O)(Cc1cccc(C(F)(F)F)c1)OC(C)N1CCOCC1. The van der Waals surface area contributed by atoms with Gasteiger partial charge >= 0.3 is 13.8 Å². The van der Waals surface area contributed by atoms with Gasteiger partial charge in [-0.3, -0.25) is 14.0 Å². The normalized spacial score (nSPS) is 20.2. The van der Waals surface area contributed by atoms with Crippen molar-refractivity contribution < 1.29 is 31.5 Å². The summed E-state index contributed by atoms with van der Waals surface area (Å²) in [4.78, 5) is 1.96. The largest absolute Gasteiger partial charge is 0.416 e. The molecule has 1 saturated heterocycles. The van der Waals surface area contributed by atoms with E-state index in [1.54, 1.807) is 13.8 Å². The topological polar surface area (TPSA) is 48.0 Å². The van der Waals surface area contributed by atoms with E-state index in [9.17, 15) is 17.7 Å². The number of benzene rings is 1. The summed E-state index contributed by atoms with van der Waals surface area (Å²) in [5.74, 6) is 0. The second-order valence-electron chi connectivity index (χ2n) is 5.74. The minimum Gasteiger partial charge on any atom is -0.379 e. The van der Waals surface area contributed by atoms with Crippen molar-refractivity contribution in [2.45, 2.75) is 32.4 Å². The number of hydrogen-bond donors (Lipinski definition) is 0. The fourth-order valence-corrected chi connectivity index (χ4v) is 4.48. The molecular weight excluding hydrogens is 358 g/mol. The van der Waals surface area contributed by atoms with Gasteiger partial charge in [0.25, 0.3) is 0 Å². The van der Waals surface area contributed by atoms with Gasteiger partial charge in [0.05, 0.1) is 31.5 Å². The van der Waals surface area contributed by atoms with Crippen molar-refractivity contribution in [3.05, 3.63) is 35.4 Å². The zero-order valence-electron chi connectivity index (χ0n) is 14.3. The number of morpholine rings is 1. The number of rotatable bonds is 7. The molecule has 2 atom stereocenters. The molecule has 0 aliphatic carbocycles. The van der Waals surface area contributed by atoms with Crippen LogP contribution in [0.4, 0.5) is 13.2 Å². The van der Waals surface area contributed by atoms with Crippen molar-refractivity contribution in [3.63, 3.8) is 0 Å². The molecular formula is C16H23F3NO4P. The fourth-order valence-electron chi connectivity index (χ4n) is 2.62. The Bertz CT molecular complexity index is 605. The Hall–Kier alpha value is -0.920. The molecule has 2 rings (SSSR count). The Kier molecular flexibility index (Phi) is 7.05. The lowest BCUT2D eigenvalue weighted by Gasteiger charge is -2.33. The Morgan fingerprint density at radius 3 is 2.60 bits per heavy atom. The van der Waals surface area contributed by atoms with Crippen LogP contribution in [-0.4, -0.2) is 44.0 Å². The monoisotopic (exact) mass is 381 g/mol. The van der Waals surface area contributed by atoms with Crippen molar-refractivity contribution in [1.82, 2.24) is 4.90 Å². The van der Waals surface area contributed by atoms with Gasteiger partial charge in [0, 0.05) is 13.1 Å². The molecule has 0 radical (unpaired) electrons. The van der Waals surface area contributed by atoms with Gasteiger partial charge in [-0.1, -0.05) is 18.2 Å². The zero-order chi connectivity index (χ0) is 18.5. The van der Waals surface area contributed by atoms with Crippen LogP contribution in [0.3, 0.4) is 0 Å². The highest BCUT2D eigenvalue weighted by Gasteiger charge is 2.33. The number of hydrogen-bond acceptors (Lipinski definition) is 5. The highest BCUT2D eigenvalue weighted by molar-refractivity contribution is 7.53. The molecule has 1 aromatic rings. The quantitative estimate of drug-likeness (QED) is 0.665. The summed E-state index contributed by atoms with van der Waals surface area (Å²) < 4.78 is 67.8. The van der Waals surface area contributed by atoms with Crippen LogP contribution in [0, 0.1) is 0 Å². The van der Waals surface area contributed by atoms with E-state index in [1.165, 1.54) is 12.1 Å². The van der Waals surface area contributed by atoms with Crippen molar-refractivity contribution in [2.24, 2.45) is 0 Å². The van der Waals surface area contributed by atoms with Gasteiger partial charge in [0.15, 0.2) is 0 Å². The van der Waals surface area contributed by atoms with Crippen LogP contribution < -0.4 is 0 Å². The number of ether oxygens (including phenoxy) is 1. The van der Waals surface area contributed by atoms with Crippen LogP contribution >= 0.6 is 7.60 Å². The highest BCUT2D eigenvalue weighted by Crippen LogP contribution is 2.53. The summed E-state index contributed by atoms with van der Waals surface area (Å²) in [7, 11) is -3.59. The van der Waals surface area contributed by atoms with Crippen LogP contribution in [0.25, 0.3) is 0 Å². The van der Waals surface area contributed by atoms with E-state index < -0.39 is 25.6 Å². The highest BCUT2D eigenvalue weighted by atomic mass is 31.2. The van der Waals surface area contributed by atoms with Crippen molar-refractivity contribution >= 4 is 7.60 Å². The van der Waals surface area contributed by atoms with Crippen LogP contribution in [-0.2, 0) is 30.7 Å². The number of nitrogens with zero attached hydrogens (tertiary/aromatic N) is 1. The summed E-state index contributed by atoms with van der Waals surface area (Å²) in [6, 6.07) is 4.74. The average Bonchev–Trinajstić information content (AvgIpc) is 2.55. The van der Waals surface area contributed by atoms with Gasteiger partial charge in [-0.25, -0.2) is 0 Å². The molecule has 0 amide bonds. The zero-order valence-corrected chi connectivity index (χ0v) is 15.2. The first-order valence-electron chi connectivity index (χ1n) is 8.13. The lowest BCUT2D eigenvalue weighted by molar-refractivity contribution is -0.137. The average molecular weight is 381 g/mol. The van der Waals surface area contributed by atoms with Crippen molar-refractivity contribution in [2.75, 3.05) is 32.9 Å². The lowest BCUT2D eigenvalue weighted by atomic mass is 10.1. The van der Waals surface area contributed by atoms with E-state index >= 15 is 0 Å². The van der Waals surface area contributed by atoms with E-state index in [0.29, 0.717) is 26.3 Å². The third-order valence-electron chi connectivity index (χ3n) is 3.83. The molecule has 0 N–H and O–H groups in total. The first kappa shape index (κ1) is 20.4. The Morgan fingerprint density at radius 2 is 2.00 bits per heavy atom. The summed E-state index contributed by atoms with van der Waals surface area (Å²) in [6.45, 7) is 5.95. The van der Waals surface area contributed by atoms with E-state index in [0.717, 1.165) is 12.1 Å². The predicted octanol–water partition coefficient (Wildman–Crippen LogP) is 4.13. The summed E-state index contributed by atoms with van der Waals surface area (Å²) in [6.07, 6.45) is -5.14. The molecule has 0 saturated carbocycles. The molecule has 1 heterocycles. The van der Waals surface area contributed by atoms with Crippen molar-refractivity contribution in [3.8, 4) is 0 Å². The molecule has 1 aromatic carbocycles. The molecule has 0 aromatic heterocycles. The van der Waals surface area contributed by atoms with E-state index in [-0.39, 0.29) is 18.3 Å². The van der Waals surface area contributed by atoms with Gasteiger partial charge in [0.2, 0.25) is 0 Å². The maximum atomic E-state index is 13.0. The maximum Gasteiger partial charge on any atom is 0.416 e. The van der Waals surface area contributed by atoms with E-state index in [1.807, 2.05) is 4.90 Å². The molecule has 5 nitrogen and oxygen atoms in total. The maximum absolute atomic E-state index is 13.0. The smallest absolute Gasteiger partial charge is 0.379 e. The first-order valence-corrected chi connectivity index (χ1v) is 9.86. The first-order chi connectivity index (χ1) is 11.7. The Balaban J connectivity index is 2.12. The standard InChI is InChI=1S/C16H23F3NO4P/c1-3-23-25(21,24-13(2)20-7-9-22-10-8-20)12-14-5-4-6-15(11-14)16(17,18)19/h4-6,11,13H,3,7-10,12H2,1-2H3. The Labute approximate surface area is 145 Å². The molecule has 0 spiro atoms. The second-order valence-corrected chi connectivity index (χ2v) is 7.75. The summed E-state index contributed by atoms with van der Waals surface area (Å²) >= 11 is 0. The second kappa shape index (κ2) is 8.64. The van der Waals surface area contributed by atoms with E-state index in [4.69, 9.17) is 13.8 Å². The molecule has 142 valence electrons. The van der Waals surface area contributed by atoms with Gasteiger partial charge in [-0.2, -0.15) is 13.2 Å². The van der Waals surface area contributed by atoms with Crippen LogP contribution in [0.1, 0.15) is 25.0 Å². The van der Waals surface area contributed by atoms with E-state index in [2.05, 4.69) is 0 Å². The third kappa shape index (κ3) is 6.08. The molecule has 25 heavy (non-hydrogen) atoms. The predicted molar refractivity (Wildman–Crippen MR) is 87.3 cm³/mol. The molecule has 2 unspecified atom stereocenters. The van der Waals surface area contributed by atoms with Crippen molar-refractivity contribution in [1.29, 1.82) is 0 Å². The lowest BCUT2D eigenvalue weighted by Crippen LogP contribution is -2.43. The number of halogens is 3. The van der Waals surface area contributed by atoms with Crippen LogP contribution in [0.5, 0.6) is 0 Å². The Morgan fingerprint density at radius 1 is 1.32 bits per heavy atom. The minimum atomic E-state index is -4.45. The van der Waals surface area contributed by atoms with Gasteiger partial charge in [-0.05, 0) is 25.5 Å². The molecule has 1 aliphatic heterocycles. The number of alkyl halides is 3. The van der Waals surface area contributed by atoms with Gasteiger partial charge in [-0.15, -0.1) is 0 Å². The van der Waals surface area contributed by atoms with Crippen LogP contribution in [0.15, 0.2) is 24.3 Å². The fraction of sp³-hybridized carbons (Fsp3) is 0.625. The van der Waals surface area contributed by atoms with Gasteiger partial charge < -0.3 is 9.26 Å². The molecule has 0 bridgehead atoms. The van der Waals surface area contributed by atoms with Gasteiger partial charge in [0.1, 0.15) is 6.23 Å². The molecule has 1 fully saturated rings. The molecule has 9 heteroatoms. The third-order valence-corrected chi connectivity index (χ3v) is 5.86. The molecule has 1 aliphatic rings.